The third kappa shape index (κ3) is 3.06. The fourth-order valence-electron chi connectivity index (χ4n) is 3.85. The SMILES string of the molecule is CCN(Cc1ccccc1)S(=O)(=O)c1ccc2[nH]c3c(c2c1)CCCC3. The third-order valence-electron chi connectivity index (χ3n) is 5.26. The molecule has 1 aromatic heterocycles. The molecule has 4 rings (SSSR count). The Morgan fingerprint density at radius 1 is 1.04 bits per heavy atom. The molecule has 0 spiro atoms. The maximum absolute atomic E-state index is 13.2. The number of hydrogen-bond donors (Lipinski definition) is 1. The van der Waals surface area contributed by atoms with Crippen LogP contribution in [0.3, 0.4) is 0 Å². The quantitative estimate of drug-likeness (QED) is 0.732. The van der Waals surface area contributed by atoms with E-state index < -0.39 is 10.0 Å². The Kier molecular flexibility index (Phi) is 4.59. The average Bonchev–Trinajstić information content (AvgIpc) is 3.04. The molecule has 0 amide bonds. The smallest absolute Gasteiger partial charge is 0.243 e. The summed E-state index contributed by atoms with van der Waals surface area (Å²) in [6.45, 7) is 2.72. The molecule has 0 saturated heterocycles. The molecule has 0 atom stereocenters. The van der Waals surface area contributed by atoms with Gasteiger partial charge in [0.1, 0.15) is 0 Å². The molecule has 3 aromatic rings. The molecule has 4 nitrogen and oxygen atoms in total. The summed E-state index contributed by atoms with van der Waals surface area (Å²) in [6.07, 6.45) is 4.46. The second-order valence-corrected chi connectivity index (χ2v) is 8.85. The van der Waals surface area contributed by atoms with E-state index in [2.05, 4.69) is 4.98 Å². The molecule has 0 unspecified atom stereocenters. The largest absolute Gasteiger partial charge is 0.358 e. The van der Waals surface area contributed by atoms with Gasteiger partial charge in [-0.1, -0.05) is 37.3 Å². The molecule has 136 valence electrons. The van der Waals surface area contributed by atoms with Crippen molar-refractivity contribution in [1.82, 2.24) is 9.29 Å². The van der Waals surface area contributed by atoms with Crippen LogP contribution < -0.4 is 0 Å². The number of aryl methyl sites for hydroxylation is 2. The van der Waals surface area contributed by atoms with Crippen LogP contribution in [0.1, 0.15) is 36.6 Å². The Balaban J connectivity index is 1.72. The summed E-state index contributed by atoms with van der Waals surface area (Å²) in [5.74, 6) is 0. The van der Waals surface area contributed by atoms with Crippen molar-refractivity contribution in [3.05, 3.63) is 65.4 Å². The molecule has 0 radical (unpaired) electrons. The normalized spacial score (nSPS) is 14.7. The first-order valence-electron chi connectivity index (χ1n) is 9.27. The molecule has 5 heteroatoms. The molecule has 1 N–H and O–H groups in total. The highest BCUT2D eigenvalue weighted by Gasteiger charge is 2.25. The number of benzene rings is 2. The first-order valence-corrected chi connectivity index (χ1v) is 10.7. The minimum atomic E-state index is -3.53. The van der Waals surface area contributed by atoms with Crippen LogP contribution in [-0.2, 0) is 29.4 Å². The van der Waals surface area contributed by atoms with Crippen LogP contribution in [0.15, 0.2) is 53.4 Å². The highest BCUT2D eigenvalue weighted by atomic mass is 32.2. The fourth-order valence-corrected chi connectivity index (χ4v) is 5.31. The van der Waals surface area contributed by atoms with E-state index in [1.807, 2.05) is 49.4 Å². The lowest BCUT2D eigenvalue weighted by atomic mass is 9.96. The Bertz CT molecular complexity index is 1020. The Hall–Kier alpha value is -2.11. The van der Waals surface area contributed by atoms with Crippen LogP contribution in [0.4, 0.5) is 0 Å². The Morgan fingerprint density at radius 3 is 2.58 bits per heavy atom. The van der Waals surface area contributed by atoms with Crippen molar-refractivity contribution in [2.24, 2.45) is 0 Å². The van der Waals surface area contributed by atoms with Crippen molar-refractivity contribution in [1.29, 1.82) is 0 Å². The van der Waals surface area contributed by atoms with Crippen LogP contribution in [0, 0.1) is 0 Å². The summed E-state index contributed by atoms with van der Waals surface area (Å²) in [4.78, 5) is 3.85. The van der Waals surface area contributed by atoms with Crippen molar-refractivity contribution in [2.45, 2.75) is 44.0 Å². The molecule has 0 saturated carbocycles. The molecule has 1 heterocycles. The van der Waals surface area contributed by atoms with Gasteiger partial charge in [-0.2, -0.15) is 4.31 Å². The number of rotatable bonds is 5. The number of fused-ring (bicyclic) bond motifs is 3. The lowest BCUT2D eigenvalue weighted by Gasteiger charge is -2.21. The van der Waals surface area contributed by atoms with Crippen LogP contribution >= 0.6 is 0 Å². The highest BCUT2D eigenvalue weighted by molar-refractivity contribution is 7.89. The molecule has 0 aliphatic heterocycles. The van der Waals surface area contributed by atoms with E-state index in [0.717, 1.165) is 29.3 Å². The van der Waals surface area contributed by atoms with E-state index in [-0.39, 0.29) is 0 Å². The monoisotopic (exact) mass is 368 g/mol. The lowest BCUT2D eigenvalue weighted by molar-refractivity contribution is 0.423. The van der Waals surface area contributed by atoms with Gasteiger partial charge >= 0.3 is 0 Å². The van der Waals surface area contributed by atoms with Crippen molar-refractivity contribution < 1.29 is 8.42 Å². The fraction of sp³-hybridized carbons (Fsp3) is 0.333. The standard InChI is InChI=1S/C21H24N2O2S/c1-2-23(15-16-8-4-3-5-9-16)26(24,25)17-12-13-21-19(14-17)18-10-6-7-11-20(18)22-21/h3-5,8-9,12-14,22H,2,6-7,10-11,15H2,1H3. The van der Waals surface area contributed by atoms with Gasteiger partial charge in [0.15, 0.2) is 0 Å². The number of aromatic amines is 1. The summed E-state index contributed by atoms with van der Waals surface area (Å²) < 4.78 is 28.0. The Morgan fingerprint density at radius 2 is 1.81 bits per heavy atom. The zero-order valence-corrected chi connectivity index (χ0v) is 15.8. The molecule has 0 fully saturated rings. The lowest BCUT2D eigenvalue weighted by Crippen LogP contribution is -2.30. The summed E-state index contributed by atoms with van der Waals surface area (Å²) in [6, 6.07) is 15.2. The number of hydrogen-bond acceptors (Lipinski definition) is 2. The van der Waals surface area contributed by atoms with E-state index in [9.17, 15) is 8.42 Å². The van der Waals surface area contributed by atoms with Crippen LogP contribution in [0.2, 0.25) is 0 Å². The number of aromatic nitrogens is 1. The van der Waals surface area contributed by atoms with Gasteiger partial charge in [0, 0.05) is 29.7 Å². The Labute approximate surface area is 154 Å². The van der Waals surface area contributed by atoms with Gasteiger partial charge < -0.3 is 4.98 Å². The van der Waals surface area contributed by atoms with Gasteiger partial charge in [-0.3, -0.25) is 0 Å². The van der Waals surface area contributed by atoms with Gasteiger partial charge in [-0.05, 0) is 55.0 Å². The van der Waals surface area contributed by atoms with Gasteiger partial charge in [-0.25, -0.2) is 8.42 Å². The van der Waals surface area contributed by atoms with E-state index in [4.69, 9.17) is 0 Å². The summed E-state index contributed by atoms with van der Waals surface area (Å²) in [7, 11) is -3.53. The molecule has 26 heavy (non-hydrogen) atoms. The van der Waals surface area contributed by atoms with Gasteiger partial charge in [0.25, 0.3) is 0 Å². The highest BCUT2D eigenvalue weighted by Crippen LogP contribution is 2.31. The average molecular weight is 369 g/mol. The predicted octanol–water partition coefficient (Wildman–Crippen LogP) is 4.26. The molecule has 1 aliphatic carbocycles. The zero-order chi connectivity index (χ0) is 18.1. The third-order valence-corrected chi connectivity index (χ3v) is 7.18. The second-order valence-electron chi connectivity index (χ2n) is 6.91. The minimum Gasteiger partial charge on any atom is -0.358 e. The summed E-state index contributed by atoms with van der Waals surface area (Å²) >= 11 is 0. The van der Waals surface area contributed by atoms with Gasteiger partial charge in [0.2, 0.25) is 10.0 Å². The van der Waals surface area contributed by atoms with E-state index >= 15 is 0 Å². The molecule has 0 bridgehead atoms. The van der Waals surface area contributed by atoms with Crippen molar-refractivity contribution in [3.8, 4) is 0 Å². The topological polar surface area (TPSA) is 53.2 Å². The maximum Gasteiger partial charge on any atom is 0.243 e. The van der Waals surface area contributed by atoms with Crippen LogP contribution in [0.5, 0.6) is 0 Å². The number of nitrogens with one attached hydrogen (secondary N) is 1. The second kappa shape index (κ2) is 6.89. The van der Waals surface area contributed by atoms with E-state index in [1.54, 1.807) is 10.4 Å². The van der Waals surface area contributed by atoms with Crippen molar-refractivity contribution >= 4 is 20.9 Å². The molecule has 1 aliphatic rings. The minimum absolute atomic E-state index is 0.384. The summed E-state index contributed by atoms with van der Waals surface area (Å²) in [5.41, 5.74) is 4.62. The van der Waals surface area contributed by atoms with Gasteiger partial charge in [0.05, 0.1) is 4.90 Å². The first kappa shape index (κ1) is 17.3. The molecular formula is C21H24N2O2S. The van der Waals surface area contributed by atoms with Crippen LogP contribution in [0.25, 0.3) is 10.9 Å². The first-order chi connectivity index (χ1) is 12.6. The van der Waals surface area contributed by atoms with E-state index in [1.165, 1.54) is 24.1 Å². The number of sulfonamides is 1. The number of H-pyrrole nitrogens is 1. The predicted molar refractivity (Wildman–Crippen MR) is 105 cm³/mol. The van der Waals surface area contributed by atoms with Crippen LogP contribution in [-0.4, -0.2) is 24.3 Å². The van der Waals surface area contributed by atoms with E-state index in [0.29, 0.717) is 18.0 Å². The summed E-state index contributed by atoms with van der Waals surface area (Å²) in [5, 5.41) is 1.07. The van der Waals surface area contributed by atoms with Crippen molar-refractivity contribution in [3.63, 3.8) is 0 Å². The van der Waals surface area contributed by atoms with Gasteiger partial charge in [-0.15, -0.1) is 0 Å². The molecule has 2 aromatic carbocycles. The van der Waals surface area contributed by atoms with Crippen molar-refractivity contribution in [2.75, 3.05) is 6.54 Å². The molecular weight excluding hydrogens is 344 g/mol. The zero-order valence-electron chi connectivity index (χ0n) is 15.0. The maximum atomic E-state index is 13.2. The number of nitrogens with zero attached hydrogens (tertiary/aromatic N) is 1.